The highest BCUT2D eigenvalue weighted by Crippen LogP contribution is 2.16. The summed E-state index contributed by atoms with van der Waals surface area (Å²) in [5, 5.41) is 20.6. The largest absolute Gasteiger partial charge is 0.394 e. The number of carbonyl (C=O) groups excluding carboxylic acids is 1. The number of carbonyl (C=O) groups is 1. The average molecular weight is 256 g/mol. The van der Waals surface area contributed by atoms with Crippen LogP contribution in [0.1, 0.15) is 6.92 Å². The van der Waals surface area contributed by atoms with Crippen molar-refractivity contribution in [1.29, 1.82) is 0 Å². The Labute approximate surface area is 104 Å². The number of aliphatic hydroxyl groups is 2. The van der Waals surface area contributed by atoms with Crippen molar-refractivity contribution in [3.05, 3.63) is 24.5 Å². The third kappa shape index (κ3) is 4.72. The number of nitrogens with one attached hydrogen (secondary N) is 1. The Morgan fingerprint density at radius 3 is 2.53 bits per heavy atom. The van der Waals surface area contributed by atoms with Crippen LogP contribution in [0.5, 0.6) is 0 Å². The lowest BCUT2D eigenvalue weighted by Gasteiger charge is -2.26. The molecule has 0 fully saturated rings. The van der Waals surface area contributed by atoms with Crippen molar-refractivity contribution in [3.8, 4) is 0 Å². The van der Waals surface area contributed by atoms with Crippen LogP contribution in [0.25, 0.3) is 0 Å². The molecule has 1 amide bonds. The summed E-state index contributed by atoms with van der Waals surface area (Å²) in [7, 11) is 0. The van der Waals surface area contributed by atoms with E-state index in [2.05, 4.69) is 10.3 Å². The zero-order chi connectivity index (χ0) is 12.7. The molecule has 0 aliphatic carbocycles. The third-order valence-corrected chi connectivity index (χ3v) is 3.17. The smallest absolute Gasteiger partial charge is 0.230 e. The van der Waals surface area contributed by atoms with E-state index in [0.29, 0.717) is 0 Å². The second-order valence-electron chi connectivity index (χ2n) is 3.90. The number of aromatic nitrogens is 1. The fraction of sp³-hybridized carbons (Fsp3) is 0.455. The van der Waals surface area contributed by atoms with Crippen LogP contribution in [0.15, 0.2) is 29.4 Å². The van der Waals surface area contributed by atoms with Gasteiger partial charge in [0, 0.05) is 17.3 Å². The van der Waals surface area contributed by atoms with Gasteiger partial charge in [-0.1, -0.05) is 0 Å². The van der Waals surface area contributed by atoms with E-state index in [1.807, 2.05) is 12.1 Å². The lowest BCUT2D eigenvalue weighted by molar-refractivity contribution is -0.121. The molecule has 0 atom stereocenters. The van der Waals surface area contributed by atoms with Crippen LogP contribution in [-0.4, -0.2) is 45.6 Å². The number of thioether (sulfide) groups is 1. The molecule has 3 N–H and O–H groups in total. The molecule has 1 rings (SSSR count). The Kier molecular flexibility index (Phi) is 5.40. The van der Waals surface area contributed by atoms with Gasteiger partial charge in [0.05, 0.1) is 24.5 Å². The summed E-state index contributed by atoms with van der Waals surface area (Å²) in [4.78, 5) is 16.4. The molecule has 0 bridgehead atoms. The molecule has 94 valence electrons. The highest BCUT2D eigenvalue weighted by molar-refractivity contribution is 8.00. The first-order chi connectivity index (χ1) is 8.09. The van der Waals surface area contributed by atoms with Crippen LogP contribution in [0.3, 0.4) is 0 Å². The highest BCUT2D eigenvalue weighted by Gasteiger charge is 2.24. The molecule has 0 saturated carbocycles. The van der Waals surface area contributed by atoms with Crippen LogP contribution in [0.2, 0.25) is 0 Å². The van der Waals surface area contributed by atoms with Gasteiger partial charge in [0.15, 0.2) is 0 Å². The number of hydrogen-bond acceptors (Lipinski definition) is 5. The Balaban J connectivity index is 2.40. The molecule has 0 aliphatic heterocycles. The maximum Gasteiger partial charge on any atom is 0.230 e. The van der Waals surface area contributed by atoms with Crippen LogP contribution < -0.4 is 5.32 Å². The molecule has 0 unspecified atom stereocenters. The average Bonchev–Trinajstić information content (AvgIpc) is 2.37. The molecule has 17 heavy (non-hydrogen) atoms. The Bertz CT molecular complexity index is 355. The fourth-order valence-electron chi connectivity index (χ4n) is 1.09. The Morgan fingerprint density at radius 1 is 1.41 bits per heavy atom. The zero-order valence-electron chi connectivity index (χ0n) is 9.59. The van der Waals surface area contributed by atoms with E-state index in [9.17, 15) is 4.79 Å². The van der Waals surface area contributed by atoms with Gasteiger partial charge < -0.3 is 15.5 Å². The van der Waals surface area contributed by atoms with Gasteiger partial charge in [0.1, 0.15) is 0 Å². The number of aliphatic hydroxyl groups excluding tert-OH is 2. The van der Waals surface area contributed by atoms with Gasteiger partial charge in [-0.05, 0) is 19.1 Å². The summed E-state index contributed by atoms with van der Waals surface area (Å²) < 4.78 is 0. The van der Waals surface area contributed by atoms with Gasteiger partial charge >= 0.3 is 0 Å². The van der Waals surface area contributed by atoms with Gasteiger partial charge in [-0.2, -0.15) is 0 Å². The second-order valence-corrected chi connectivity index (χ2v) is 4.95. The topological polar surface area (TPSA) is 82.5 Å². The maximum absolute atomic E-state index is 11.6. The van der Waals surface area contributed by atoms with Crippen LogP contribution >= 0.6 is 11.8 Å². The van der Waals surface area contributed by atoms with E-state index in [1.54, 1.807) is 19.3 Å². The predicted molar refractivity (Wildman–Crippen MR) is 65.7 cm³/mol. The molecule has 1 aromatic rings. The van der Waals surface area contributed by atoms with Gasteiger partial charge in [0.25, 0.3) is 0 Å². The molecule has 0 aliphatic rings. The SMILES string of the molecule is CC(CO)(CO)NC(=O)CSc1ccncc1. The first-order valence-electron chi connectivity index (χ1n) is 5.15. The van der Waals surface area contributed by atoms with E-state index in [1.165, 1.54) is 11.8 Å². The highest BCUT2D eigenvalue weighted by atomic mass is 32.2. The Hall–Kier alpha value is -1.11. The molecule has 0 radical (unpaired) electrons. The lowest BCUT2D eigenvalue weighted by Crippen LogP contribution is -2.52. The molecule has 1 aromatic heterocycles. The normalized spacial score (nSPS) is 11.2. The molecule has 6 heteroatoms. The van der Waals surface area contributed by atoms with E-state index in [4.69, 9.17) is 10.2 Å². The summed E-state index contributed by atoms with van der Waals surface area (Å²) >= 11 is 1.37. The fourth-order valence-corrected chi connectivity index (χ4v) is 1.77. The minimum atomic E-state index is -0.962. The van der Waals surface area contributed by atoms with Gasteiger partial charge in [-0.15, -0.1) is 11.8 Å². The van der Waals surface area contributed by atoms with E-state index < -0.39 is 5.54 Å². The van der Waals surface area contributed by atoms with Crippen LogP contribution in [-0.2, 0) is 4.79 Å². The lowest BCUT2D eigenvalue weighted by atomic mass is 10.1. The van der Waals surface area contributed by atoms with Crippen molar-refractivity contribution < 1.29 is 15.0 Å². The van der Waals surface area contributed by atoms with Crippen molar-refractivity contribution in [2.45, 2.75) is 17.4 Å². The monoisotopic (exact) mass is 256 g/mol. The zero-order valence-corrected chi connectivity index (χ0v) is 10.4. The second kappa shape index (κ2) is 6.58. The summed E-state index contributed by atoms with van der Waals surface area (Å²) in [6, 6.07) is 3.63. The summed E-state index contributed by atoms with van der Waals surface area (Å²) in [5.74, 6) is 0.0111. The first kappa shape index (κ1) is 14.0. The van der Waals surface area contributed by atoms with Crippen molar-refractivity contribution in [3.63, 3.8) is 0 Å². The maximum atomic E-state index is 11.6. The summed E-state index contributed by atoms with van der Waals surface area (Å²) in [5.41, 5.74) is -0.962. The van der Waals surface area contributed by atoms with Crippen molar-refractivity contribution >= 4 is 17.7 Å². The third-order valence-electron chi connectivity index (χ3n) is 2.16. The molecule has 5 nitrogen and oxygen atoms in total. The van der Waals surface area contributed by atoms with Crippen LogP contribution in [0.4, 0.5) is 0 Å². The number of pyridine rings is 1. The number of hydrogen-bond donors (Lipinski definition) is 3. The molecular formula is C11H16N2O3S. The summed E-state index contributed by atoms with van der Waals surface area (Å²) in [6.07, 6.45) is 3.32. The summed E-state index contributed by atoms with van der Waals surface area (Å²) in [6.45, 7) is 0.992. The number of amides is 1. The van der Waals surface area contributed by atoms with Crippen LogP contribution in [0, 0.1) is 0 Å². The molecular weight excluding hydrogens is 240 g/mol. The van der Waals surface area contributed by atoms with Crippen molar-refractivity contribution in [1.82, 2.24) is 10.3 Å². The molecule has 0 saturated heterocycles. The van der Waals surface area contributed by atoms with Gasteiger partial charge in [-0.3, -0.25) is 9.78 Å². The molecule has 0 aromatic carbocycles. The number of rotatable bonds is 6. The minimum absolute atomic E-state index is 0.225. The van der Waals surface area contributed by atoms with Gasteiger partial charge in [0.2, 0.25) is 5.91 Å². The van der Waals surface area contributed by atoms with E-state index in [0.717, 1.165) is 4.90 Å². The van der Waals surface area contributed by atoms with E-state index >= 15 is 0 Å². The van der Waals surface area contributed by atoms with Crippen molar-refractivity contribution in [2.24, 2.45) is 0 Å². The standard InChI is InChI=1S/C11H16N2O3S/c1-11(7-14,8-15)13-10(16)6-17-9-2-4-12-5-3-9/h2-5,14-15H,6-8H2,1H3,(H,13,16). The minimum Gasteiger partial charge on any atom is -0.394 e. The molecule has 0 spiro atoms. The predicted octanol–water partition coefficient (Wildman–Crippen LogP) is 0.0332. The Morgan fingerprint density at radius 2 is 2.00 bits per heavy atom. The van der Waals surface area contributed by atoms with E-state index in [-0.39, 0.29) is 24.9 Å². The number of nitrogens with zero attached hydrogens (tertiary/aromatic N) is 1. The first-order valence-corrected chi connectivity index (χ1v) is 6.14. The van der Waals surface area contributed by atoms with Gasteiger partial charge in [-0.25, -0.2) is 0 Å². The quantitative estimate of drug-likeness (QED) is 0.626. The molecule has 1 heterocycles. The van der Waals surface area contributed by atoms with Crippen molar-refractivity contribution in [2.75, 3.05) is 19.0 Å².